The van der Waals surface area contributed by atoms with Gasteiger partial charge in [-0.1, -0.05) is 6.92 Å². The summed E-state index contributed by atoms with van der Waals surface area (Å²) in [6.45, 7) is 6.15. The van der Waals surface area contributed by atoms with Gasteiger partial charge in [0.1, 0.15) is 0 Å². The maximum absolute atomic E-state index is 8.46. The minimum absolute atomic E-state index is 0.186. The van der Waals surface area contributed by atoms with E-state index in [1.807, 2.05) is 0 Å². The Kier molecular flexibility index (Phi) is 12.7. The van der Waals surface area contributed by atoms with Crippen molar-refractivity contribution < 1.29 is 19.3 Å². The molecule has 0 radical (unpaired) electrons. The van der Waals surface area contributed by atoms with E-state index in [2.05, 4.69) is 6.92 Å². The largest absolute Gasteiger partial charge is 0.396 e. The first-order valence-corrected chi connectivity index (χ1v) is 5.26. The molecule has 0 unspecified atom stereocenters. The molecule has 0 bridgehead atoms. The van der Waals surface area contributed by atoms with Gasteiger partial charge in [-0.2, -0.15) is 0 Å². The predicted molar refractivity (Wildman–Crippen MR) is 54.5 cm³/mol. The minimum Gasteiger partial charge on any atom is -0.396 e. The molecule has 0 aromatic heterocycles. The van der Waals surface area contributed by atoms with Crippen LogP contribution < -0.4 is 0 Å². The van der Waals surface area contributed by atoms with E-state index in [0.717, 1.165) is 13.0 Å². The number of ether oxygens (including phenoxy) is 3. The standard InChI is InChI=1S/C10H22O4/c1-2-5-12-7-9-14-10-8-13-6-3-4-11/h11H,2-10H2,1H3. The number of aliphatic hydroxyl groups is 1. The molecule has 0 atom stereocenters. The average Bonchev–Trinajstić information content (AvgIpc) is 2.21. The Morgan fingerprint density at radius 1 is 0.786 bits per heavy atom. The molecular weight excluding hydrogens is 184 g/mol. The van der Waals surface area contributed by atoms with Crippen LogP contribution >= 0.6 is 0 Å². The van der Waals surface area contributed by atoms with Crippen molar-refractivity contribution in [3.63, 3.8) is 0 Å². The summed E-state index contributed by atoms with van der Waals surface area (Å²) in [6, 6.07) is 0. The van der Waals surface area contributed by atoms with E-state index in [9.17, 15) is 0 Å². The summed E-state index contributed by atoms with van der Waals surface area (Å²) in [5.74, 6) is 0. The molecule has 0 aromatic carbocycles. The van der Waals surface area contributed by atoms with Gasteiger partial charge in [-0.3, -0.25) is 0 Å². The lowest BCUT2D eigenvalue weighted by atomic mass is 10.5. The molecule has 86 valence electrons. The summed E-state index contributed by atoms with van der Waals surface area (Å²) in [7, 11) is 0. The van der Waals surface area contributed by atoms with Gasteiger partial charge in [-0.25, -0.2) is 0 Å². The van der Waals surface area contributed by atoms with Crippen molar-refractivity contribution in [2.24, 2.45) is 0 Å². The second-order valence-electron chi connectivity index (χ2n) is 2.91. The maximum atomic E-state index is 8.46. The van der Waals surface area contributed by atoms with Crippen molar-refractivity contribution in [1.82, 2.24) is 0 Å². The predicted octanol–water partition coefficient (Wildman–Crippen LogP) is 0.829. The van der Waals surface area contributed by atoms with E-state index in [1.165, 1.54) is 0 Å². The lowest BCUT2D eigenvalue weighted by Crippen LogP contribution is -2.10. The molecule has 0 spiro atoms. The van der Waals surface area contributed by atoms with Gasteiger partial charge in [0, 0.05) is 19.8 Å². The zero-order chi connectivity index (χ0) is 10.5. The second kappa shape index (κ2) is 12.8. The van der Waals surface area contributed by atoms with E-state index in [-0.39, 0.29) is 6.61 Å². The number of aliphatic hydroxyl groups excluding tert-OH is 1. The van der Waals surface area contributed by atoms with Crippen LogP contribution in [0.2, 0.25) is 0 Å². The molecule has 0 aliphatic heterocycles. The Morgan fingerprint density at radius 3 is 1.79 bits per heavy atom. The van der Waals surface area contributed by atoms with Crippen molar-refractivity contribution in [2.75, 3.05) is 46.2 Å². The summed E-state index contributed by atoms with van der Waals surface area (Å²) >= 11 is 0. The van der Waals surface area contributed by atoms with Gasteiger partial charge in [0.05, 0.1) is 26.4 Å². The van der Waals surface area contributed by atoms with Gasteiger partial charge in [0.15, 0.2) is 0 Å². The van der Waals surface area contributed by atoms with E-state index < -0.39 is 0 Å². The molecule has 0 aliphatic carbocycles. The minimum atomic E-state index is 0.186. The number of hydrogen-bond acceptors (Lipinski definition) is 4. The summed E-state index contributed by atoms with van der Waals surface area (Å²) in [5.41, 5.74) is 0. The highest BCUT2D eigenvalue weighted by atomic mass is 16.5. The highest BCUT2D eigenvalue weighted by Crippen LogP contribution is 1.84. The Labute approximate surface area is 86.2 Å². The summed E-state index contributed by atoms with van der Waals surface area (Å²) in [6.07, 6.45) is 1.74. The molecule has 0 amide bonds. The first-order chi connectivity index (χ1) is 6.91. The van der Waals surface area contributed by atoms with Gasteiger partial charge in [-0.15, -0.1) is 0 Å². The Hall–Kier alpha value is -0.160. The van der Waals surface area contributed by atoms with E-state index in [4.69, 9.17) is 19.3 Å². The van der Waals surface area contributed by atoms with Crippen LogP contribution in [-0.4, -0.2) is 51.4 Å². The highest BCUT2D eigenvalue weighted by molar-refractivity contribution is 4.35. The normalized spacial score (nSPS) is 10.7. The molecule has 0 rings (SSSR count). The quantitative estimate of drug-likeness (QED) is 0.509. The van der Waals surface area contributed by atoms with Crippen molar-refractivity contribution in [2.45, 2.75) is 19.8 Å². The first-order valence-electron chi connectivity index (χ1n) is 5.26. The molecule has 4 nitrogen and oxygen atoms in total. The first kappa shape index (κ1) is 13.8. The molecule has 1 N–H and O–H groups in total. The second-order valence-corrected chi connectivity index (χ2v) is 2.91. The zero-order valence-electron chi connectivity index (χ0n) is 9.04. The molecule has 0 saturated heterocycles. The van der Waals surface area contributed by atoms with Gasteiger partial charge >= 0.3 is 0 Å². The maximum Gasteiger partial charge on any atom is 0.0701 e. The molecule has 0 heterocycles. The summed E-state index contributed by atoms with van der Waals surface area (Å²) in [4.78, 5) is 0. The summed E-state index contributed by atoms with van der Waals surface area (Å²) < 4.78 is 15.7. The van der Waals surface area contributed by atoms with Crippen LogP contribution in [0.4, 0.5) is 0 Å². The monoisotopic (exact) mass is 206 g/mol. The third-order valence-electron chi connectivity index (χ3n) is 1.54. The molecule has 0 aliphatic rings. The van der Waals surface area contributed by atoms with E-state index in [1.54, 1.807) is 0 Å². The SMILES string of the molecule is CCCOCCOCCOCCCO. The number of rotatable bonds is 11. The Morgan fingerprint density at radius 2 is 1.29 bits per heavy atom. The zero-order valence-corrected chi connectivity index (χ0v) is 9.04. The van der Waals surface area contributed by atoms with Crippen molar-refractivity contribution >= 4 is 0 Å². The lowest BCUT2D eigenvalue weighted by molar-refractivity contribution is 0.0125. The topological polar surface area (TPSA) is 47.9 Å². The average molecular weight is 206 g/mol. The van der Waals surface area contributed by atoms with Crippen LogP contribution in [0.15, 0.2) is 0 Å². The fraction of sp³-hybridized carbons (Fsp3) is 1.00. The highest BCUT2D eigenvalue weighted by Gasteiger charge is 1.90. The van der Waals surface area contributed by atoms with Gasteiger partial charge < -0.3 is 19.3 Å². The molecule has 0 saturated carbocycles. The van der Waals surface area contributed by atoms with Crippen LogP contribution in [0.25, 0.3) is 0 Å². The van der Waals surface area contributed by atoms with Gasteiger partial charge in [0.2, 0.25) is 0 Å². The van der Waals surface area contributed by atoms with Gasteiger partial charge in [-0.05, 0) is 12.8 Å². The number of hydrogen-bond donors (Lipinski definition) is 1. The fourth-order valence-corrected chi connectivity index (χ4v) is 0.853. The van der Waals surface area contributed by atoms with E-state index in [0.29, 0.717) is 39.5 Å². The van der Waals surface area contributed by atoms with Crippen LogP contribution in [0.5, 0.6) is 0 Å². The third kappa shape index (κ3) is 11.8. The Balaban J connectivity index is 2.78. The van der Waals surface area contributed by atoms with Crippen molar-refractivity contribution in [1.29, 1.82) is 0 Å². The Bertz CT molecular complexity index is 86.1. The van der Waals surface area contributed by atoms with Crippen LogP contribution in [0.1, 0.15) is 19.8 Å². The van der Waals surface area contributed by atoms with Crippen molar-refractivity contribution in [3.8, 4) is 0 Å². The van der Waals surface area contributed by atoms with Crippen LogP contribution in [-0.2, 0) is 14.2 Å². The molecular formula is C10H22O4. The summed E-state index contributed by atoms with van der Waals surface area (Å²) in [5, 5.41) is 8.46. The van der Waals surface area contributed by atoms with Gasteiger partial charge in [0.25, 0.3) is 0 Å². The van der Waals surface area contributed by atoms with Crippen molar-refractivity contribution in [3.05, 3.63) is 0 Å². The van der Waals surface area contributed by atoms with Crippen LogP contribution in [0, 0.1) is 0 Å². The van der Waals surface area contributed by atoms with E-state index >= 15 is 0 Å². The molecule has 0 fully saturated rings. The van der Waals surface area contributed by atoms with Crippen LogP contribution in [0.3, 0.4) is 0 Å². The molecule has 14 heavy (non-hydrogen) atoms. The third-order valence-corrected chi connectivity index (χ3v) is 1.54. The molecule has 4 heteroatoms. The molecule has 0 aromatic rings. The fourth-order valence-electron chi connectivity index (χ4n) is 0.853. The smallest absolute Gasteiger partial charge is 0.0701 e. The lowest BCUT2D eigenvalue weighted by Gasteiger charge is -2.05.